The van der Waals surface area contributed by atoms with Gasteiger partial charge >= 0.3 is 11.8 Å². The van der Waals surface area contributed by atoms with Gasteiger partial charge in [0.1, 0.15) is 5.69 Å². The Labute approximate surface area is 171 Å². The normalized spacial score (nSPS) is 10.9. The number of para-hydroxylation sites is 1. The average Bonchev–Trinajstić information content (AvgIpc) is 2.93. The molecule has 0 unspecified atom stereocenters. The third-order valence-corrected chi connectivity index (χ3v) is 4.50. The molecule has 0 saturated heterocycles. The summed E-state index contributed by atoms with van der Waals surface area (Å²) < 4.78 is 3.01. The Morgan fingerprint density at radius 2 is 1.69 bits per heavy atom. The number of benzene rings is 2. The predicted octanol–water partition coefficient (Wildman–Crippen LogP) is 2.23. The van der Waals surface area contributed by atoms with Gasteiger partial charge in [-0.15, -0.1) is 0 Å². The van der Waals surface area contributed by atoms with Gasteiger partial charge in [0.15, 0.2) is 0 Å². The second kappa shape index (κ2) is 8.57. The Morgan fingerprint density at radius 3 is 2.34 bits per heavy atom. The van der Waals surface area contributed by atoms with Crippen molar-refractivity contribution >= 4 is 35.3 Å². The fourth-order valence-corrected chi connectivity index (χ4v) is 2.77. The number of anilines is 1. The van der Waals surface area contributed by atoms with Crippen LogP contribution in [0.5, 0.6) is 0 Å². The van der Waals surface area contributed by atoms with Gasteiger partial charge in [0, 0.05) is 12.1 Å². The van der Waals surface area contributed by atoms with Gasteiger partial charge in [-0.1, -0.05) is 41.9 Å². The summed E-state index contributed by atoms with van der Waals surface area (Å²) in [6.45, 7) is 1.67. The average molecular weight is 412 g/mol. The Morgan fingerprint density at radius 1 is 1.03 bits per heavy atom. The maximum absolute atomic E-state index is 12.8. The van der Waals surface area contributed by atoms with E-state index in [-0.39, 0.29) is 5.69 Å². The Bertz CT molecular complexity index is 1130. The van der Waals surface area contributed by atoms with Gasteiger partial charge in [-0.25, -0.2) is 10.1 Å². The van der Waals surface area contributed by atoms with Crippen LogP contribution in [0, 0.1) is 6.92 Å². The quantitative estimate of drug-likeness (QED) is 0.391. The summed E-state index contributed by atoms with van der Waals surface area (Å²) in [5.41, 5.74) is 3.55. The van der Waals surface area contributed by atoms with Gasteiger partial charge in [0.25, 0.3) is 5.56 Å². The number of rotatable bonds is 4. The van der Waals surface area contributed by atoms with Crippen LogP contribution < -0.4 is 16.3 Å². The van der Waals surface area contributed by atoms with Gasteiger partial charge in [0.2, 0.25) is 0 Å². The van der Waals surface area contributed by atoms with Crippen LogP contribution in [0.25, 0.3) is 5.69 Å². The van der Waals surface area contributed by atoms with Crippen LogP contribution in [0.3, 0.4) is 0 Å². The number of carbonyl (C=O) groups excluding carboxylic acids is 2. The molecule has 2 amide bonds. The molecule has 0 aliphatic carbocycles. The summed E-state index contributed by atoms with van der Waals surface area (Å²) >= 11 is 5.80. The smallest absolute Gasteiger partial charge is 0.311 e. The predicted molar refractivity (Wildman–Crippen MR) is 112 cm³/mol. The van der Waals surface area contributed by atoms with Crippen LogP contribution in [0.15, 0.2) is 64.5 Å². The van der Waals surface area contributed by atoms with Crippen molar-refractivity contribution in [2.75, 3.05) is 5.32 Å². The van der Waals surface area contributed by atoms with E-state index in [1.54, 1.807) is 67.2 Å². The molecule has 1 heterocycles. The lowest BCUT2D eigenvalue weighted by atomic mass is 10.2. The Hall–Kier alpha value is -3.65. The van der Waals surface area contributed by atoms with E-state index in [1.165, 1.54) is 10.9 Å². The first-order chi connectivity index (χ1) is 13.9. The van der Waals surface area contributed by atoms with Crippen LogP contribution in [0.1, 0.15) is 11.3 Å². The second-order valence-corrected chi connectivity index (χ2v) is 6.58. The van der Waals surface area contributed by atoms with Crippen LogP contribution in [0.4, 0.5) is 5.69 Å². The fourth-order valence-electron chi connectivity index (χ4n) is 2.65. The number of carbonyl (C=O) groups is 2. The lowest BCUT2D eigenvalue weighted by Gasteiger charge is -2.07. The second-order valence-electron chi connectivity index (χ2n) is 6.14. The van der Waals surface area contributed by atoms with E-state index in [9.17, 15) is 14.4 Å². The highest BCUT2D eigenvalue weighted by Gasteiger charge is 2.21. The number of nitrogens with zero attached hydrogens (tertiary/aromatic N) is 3. The number of hydrogen-bond acceptors (Lipinski definition) is 4. The van der Waals surface area contributed by atoms with Crippen LogP contribution in [-0.4, -0.2) is 27.4 Å². The van der Waals surface area contributed by atoms with Gasteiger partial charge in [-0.2, -0.15) is 5.10 Å². The highest BCUT2D eigenvalue weighted by molar-refractivity contribution is 6.39. The van der Waals surface area contributed by atoms with Crippen molar-refractivity contribution in [3.63, 3.8) is 0 Å². The molecule has 0 bridgehead atoms. The zero-order valence-corrected chi connectivity index (χ0v) is 16.5. The third kappa shape index (κ3) is 4.44. The van der Waals surface area contributed by atoms with Gasteiger partial charge in [-0.05, 0) is 36.8 Å². The summed E-state index contributed by atoms with van der Waals surface area (Å²) in [4.78, 5) is 36.9. The fraction of sp³-hybridized carbons (Fsp3) is 0.100. The molecule has 8 nitrogen and oxygen atoms in total. The summed E-state index contributed by atoms with van der Waals surface area (Å²) in [7, 11) is 1.69. The lowest BCUT2D eigenvalue weighted by molar-refractivity contribution is -0.136. The first kappa shape index (κ1) is 20.1. The number of hydrazone groups is 1. The minimum absolute atomic E-state index is 0.0261. The third-order valence-electron chi connectivity index (χ3n) is 4.25. The van der Waals surface area contributed by atoms with Gasteiger partial charge in [0.05, 0.1) is 17.6 Å². The molecule has 2 aromatic carbocycles. The van der Waals surface area contributed by atoms with Gasteiger partial charge in [-0.3, -0.25) is 19.1 Å². The monoisotopic (exact) mass is 411 g/mol. The molecule has 29 heavy (non-hydrogen) atoms. The van der Waals surface area contributed by atoms with E-state index in [2.05, 4.69) is 15.8 Å². The minimum atomic E-state index is -0.996. The first-order valence-corrected chi connectivity index (χ1v) is 9.00. The van der Waals surface area contributed by atoms with E-state index in [4.69, 9.17) is 11.6 Å². The van der Waals surface area contributed by atoms with Crippen LogP contribution in [0.2, 0.25) is 5.02 Å². The maximum atomic E-state index is 12.8. The molecule has 9 heteroatoms. The van der Waals surface area contributed by atoms with Crippen molar-refractivity contribution in [3.05, 3.63) is 81.2 Å². The molecule has 148 valence electrons. The van der Waals surface area contributed by atoms with E-state index in [0.717, 1.165) is 0 Å². The maximum Gasteiger partial charge on any atom is 0.329 e. The Balaban J connectivity index is 1.73. The molecule has 0 aliphatic heterocycles. The highest BCUT2D eigenvalue weighted by Crippen LogP contribution is 2.13. The van der Waals surface area contributed by atoms with Gasteiger partial charge < -0.3 is 5.32 Å². The number of nitrogens with one attached hydrogen (secondary N) is 2. The molecule has 0 radical (unpaired) electrons. The van der Waals surface area contributed by atoms with E-state index in [1.807, 2.05) is 6.07 Å². The number of amides is 2. The van der Waals surface area contributed by atoms with Crippen molar-refractivity contribution in [1.29, 1.82) is 0 Å². The molecule has 0 aliphatic rings. The molecule has 0 fully saturated rings. The van der Waals surface area contributed by atoms with Crippen molar-refractivity contribution < 1.29 is 9.59 Å². The SMILES string of the molecule is Cc1c(NC(=O)C(=O)N/N=C/c2ccc(Cl)cc2)c(=O)n(-c2ccccc2)n1C. The molecule has 1 aromatic heterocycles. The topological polar surface area (TPSA) is 97.5 Å². The van der Waals surface area contributed by atoms with E-state index < -0.39 is 17.4 Å². The number of halogens is 1. The summed E-state index contributed by atoms with van der Waals surface area (Å²) in [5.74, 6) is -1.99. The van der Waals surface area contributed by atoms with Crippen molar-refractivity contribution in [2.24, 2.45) is 12.1 Å². The number of hydrogen-bond donors (Lipinski definition) is 2. The zero-order valence-electron chi connectivity index (χ0n) is 15.7. The summed E-state index contributed by atoms with van der Waals surface area (Å²) in [6.07, 6.45) is 1.37. The standard InChI is InChI=1S/C20H18ClN5O3/c1-13-17(20(29)26(25(13)2)16-6-4-3-5-7-16)23-18(27)19(28)24-22-12-14-8-10-15(21)11-9-14/h3-12H,1-2H3,(H,23,27)(H,24,28)/b22-12+. The van der Waals surface area contributed by atoms with E-state index >= 15 is 0 Å². The largest absolute Gasteiger partial charge is 0.329 e. The first-order valence-electron chi connectivity index (χ1n) is 8.62. The number of aromatic nitrogens is 2. The van der Waals surface area contributed by atoms with Crippen LogP contribution >= 0.6 is 11.6 Å². The summed E-state index contributed by atoms with van der Waals surface area (Å²) in [5, 5.41) is 6.68. The van der Waals surface area contributed by atoms with Crippen molar-refractivity contribution in [1.82, 2.24) is 14.8 Å². The molecule has 3 rings (SSSR count). The summed E-state index contributed by atoms with van der Waals surface area (Å²) in [6, 6.07) is 15.7. The van der Waals surface area contributed by atoms with E-state index in [0.29, 0.717) is 22.0 Å². The lowest BCUT2D eigenvalue weighted by Crippen LogP contribution is -2.34. The van der Waals surface area contributed by atoms with Crippen molar-refractivity contribution in [2.45, 2.75) is 6.92 Å². The minimum Gasteiger partial charge on any atom is -0.311 e. The molecular formula is C20H18ClN5O3. The molecule has 2 N–H and O–H groups in total. The zero-order chi connectivity index (χ0) is 21.0. The molecular weight excluding hydrogens is 394 g/mol. The van der Waals surface area contributed by atoms with Crippen molar-refractivity contribution in [3.8, 4) is 5.69 Å². The molecule has 0 atom stereocenters. The molecule has 0 saturated carbocycles. The van der Waals surface area contributed by atoms with Crippen LogP contribution in [-0.2, 0) is 16.6 Å². The Kier molecular flexibility index (Phi) is 5.94. The molecule has 3 aromatic rings. The highest BCUT2D eigenvalue weighted by atomic mass is 35.5. The molecule has 0 spiro atoms.